The van der Waals surface area contributed by atoms with Crippen LogP contribution in [-0.2, 0) is 12.7 Å². The van der Waals surface area contributed by atoms with Gasteiger partial charge in [0.2, 0.25) is 0 Å². The summed E-state index contributed by atoms with van der Waals surface area (Å²) in [7, 11) is 0. The van der Waals surface area contributed by atoms with Gasteiger partial charge >= 0.3 is 6.18 Å². The highest BCUT2D eigenvalue weighted by molar-refractivity contribution is 5.81. The van der Waals surface area contributed by atoms with Crippen molar-refractivity contribution >= 4 is 22.4 Å². The van der Waals surface area contributed by atoms with Crippen molar-refractivity contribution in [3.05, 3.63) is 52.7 Å². The SMILES string of the molecule is O=c1c2ccc(N3CCN(c4ccc(C(F)(F)F)nn4)CC3)cc2ncn1CCO. The van der Waals surface area contributed by atoms with E-state index in [1.165, 1.54) is 17.0 Å². The maximum Gasteiger partial charge on any atom is 0.435 e. The predicted molar refractivity (Wildman–Crippen MR) is 105 cm³/mol. The number of piperazine rings is 1. The average Bonchev–Trinajstić information content (AvgIpc) is 2.75. The first kappa shape index (κ1) is 20.1. The molecule has 2 aromatic heterocycles. The van der Waals surface area contributed by atoms with E-state index in [0.717, 1.165) is 11.8 Å². The lowest BCUT2D eigenvalue weighted by molar-refractivity contribution is -0.141. The van der Waals surface area contributed by atoms with E-state index in [4.69, 9.17) is 5.11 Å². The van der Waals surface area contributed by atoms with Crippen molar-refractivity contribution in [3.8, 4) is 0 Å². The van der Waals surface area contributed by atoms with Crippen LogP contribution in [0.3, 0.4) is 0 Å². The molecule has 3 aromatic rings. The molecule has 30 heavy (non-hydrogen) atoms. The van der Waals surface area contributed by atoms with Crippen LogP contribution in [0, 0.1) is 0 Å². The summed E-state index contributed by atoms with van der Waals surface area (Å²) in [5, 5.41) is 16.5. The van der Waals surface area contributed by atoms with Gasteiger partial charge in [0.25, 0.3) is 5.56 Å². The molecule has 0 unspecified atom stereocenters. The molecule has 0 saturated carbocycles. The van der Waals surface area contributed by atoms with Crippen LogP contribution in [0.5, 0.6) is 0 Å². The minimum Gasteiger partial charge on any atom is -0.395 e. The maximum atomic E-state index is 12.6. The average molecular weight is 420 g/mol. The number of anilines is 2. The largest absolute Gasteiger partial charge is 0.435 e. The fraction of sp³-hybridized carbons (Fsp3) is 0.368. The van der Waals surface area contributed by atoms with Crippen molar-refractivity contribution in [1.82, 2.24) is 19.7 Å². The van der Waals surface area contributed by atoms with Gasteiger partial charge in [0.05, 0.1) is 30.4 Å². The summed E-state index contributed by atoms with van der Waals surface area (Å²) in [5.74, 6) is 0.410. The minimum absolute atomic E-state index is 0.140. The van der Waals surface area contributed by atoms with E-state index < -0.39 is 11.9 Å². The van der Waals surface area contributed by atoms with Crippen LogP contribution >= 0.6 is 0 Å². The van der Waals surface area contributed by atoms with Gasteiger partial charge in [-0.15, -0.1) is 10.2 Å². The molecule has 1 aliphatic rings. The Morgan fingerprint density at radius 3 is 2.37 bits per heavy atom. The summed E-state index contributed by atoms with van der Waals surface area (Å²) in [6.45, 7) is 2.47. The number of benzene rings is 1. The van der Waals surface area contributed by atoms with Gasteiger partial charge in [0.1, 0.15) is 0 Å². The summed E-state index contributed by atoms with van der Waals surface area (Å²) in [6, 6.07) is 7.69. The standard InChI is InChI=1S/C19H19F3N6O2/c20-19(21,22)16-3-4-17(25-24-16)27-7-5-26(6-8-27)13-1-2-14-15(11-13)23-12-28(9-10-29)18(14)30/h1-4,11-12,29H,5-10H2. The molecule has 1 fully saturated rings. The highest BCUT2D eigenvalue weighted by atomic mass is 19.4. The normalized spacial score (nSPS) is 15.1. The van der Waals surface area contributed by atoms with Gasteiger partial charge in [0, 0.05) is 31.9 Å². The Labute approximate surface area is 169 Å². The summed E-state index contributed by atoms with van der Waals surface area (Å²) in [5.41, 5.74) is 0.271. The van der Waals surface area contributed by atoms with Gasteiger partial charge in [-0.1, -0.05) is 0 Å². The third-order valence-corrected chi connectivity index (χ3v) is 5.06. The smallest absolute Gasteiger partial charge is 0.395 e. The first-order valence-corrected chi connectivity index (χ1v) is 9.38. The molecule has 0 atom stereocenters. The fourth-order valence-corrected chi connectivity index (χ4v) is 3.45. The monoisotopic (exact) mass is 420 g/mol. The molecule has 0 spiro atoms. The van der Waals surface area contributed by atoms with Crippen LogP contribution in [0.25, 0.3) is 10.9 Å². The number of hydrogen-bond acceptors (Lipinski definition) is 7. The van der Waals surface area contributed by atoms with Crippen molar-refractivity contribution in [2.45, 2.75) is 12.7 Å². The molecule has 4 rings (SSSR count). The molecule has 3 heterocycles. The summed E-state index contributed by atoms with van der Waals surface area (Å²) < 4.78 is 39.3. The zero-order valence-corrected chi connectivity index (χ0v) is 15.9. The van der Waals surface area contributed by atoms with Crippen molar-refractivity contribution in [2.24, 2.45) is 0 Å². The maximum absolute atomic E-state index is 12.6. The Hall–Kier alpha value is -3.21. The van der Waals surface area contributed by atoms with E-state index in [-0.39, 0.29) is 18.7 Å². The Balaban J connectivity index is 1.46. The summed E-state index contributed by atoms with van der Waals surface area (Å²) in [6.07, 6.45) is -3.08. The Morgan fingerprint density at radius 1 is 1.00 bits per heavy atom. The number of fused-ring (bicyclic) bond motifs is 1. The summed E-state index contributed by atoms with van der Waals surface area (Å²) >= 11 is 0. The van der Waals surface area contributed by atoms with Crippen molar-refractivity contribution in [3.63, 3.8) is 0 Å². The lowest BCUT2D eigenvalue weighted by Gasteiger charge is -2.36. The molecule has 11 heteroatoms. The molecule has 0 amide bonds. The second-order valence-electron chi connectivity index (χ2n) is 6.92. The highest BCUT2D eigenvalue weighted by Gasteiger charge is 2.33. The van der Waals surface area contributed by atoms with Crippen LogP contribution in [0.1, 0.15) is 5.69 Å². The van der Waals surface area contributed by atoms with E-state index in [1.807, 2.05) is 17.0 Å². The van der Waals surface area contributed by atoms with Gasteiger partial charge in [0.15, 0.2) is 11.5 Å². The zero-order chi connectivity index (χ0) is 21.3. The topological polar surface area (TPSA) is 87.4 Å². The number of alkyl halides is 3. The molecular formula is C19H19F3N6O2. The molecule has 1 N–H and O–H groups in total. The van der Waals surface area contributed by atoms with Crippen molar-refractivity contribution < 1.29 is 18.3 Å². The fourth-order valence-electron chi connectivity index (χ4n) is 3.45. The molecule has 1 aliphatic heterocycles. The Kier molecular flexibility index (Phi) is 5.29. The predicted octanol–water partition coefficient (Wildman–Crippen LogP) is 1.52. The second-order valence-corrected chi connectivity index (χ2v) is 6.92. The zero-order valence-electron chi connectivity index (χ0n) is 15.9. The van der Waals surface area contributed by atoms with Gasteiger partial charge in [-0.25, -0.2) is 4.98 Å². The van der Waals surface area contributed by atoms with Gasteiger partial charge < -0.3 is 14.9 Å². The van der Waals surface area contributed by atoms with Gasteiger partial charge in [-0.05, 0) is 30.3 Å². The molecular weight excluding hydrogens is 401 g/mol. The quantitative estimate of drug-likeness (QED) is 0.685. The number of nitrogens with zero attached hydrogens (tertiary/aromatic N) is 6. The molecule has 8 nitrogen and oxygen atoms in total. The molecule has 0 bridgehead atoms. The molecule has 0 radical (unpaired) electrons. The lowest BCUT2D eigenvalue weighted by atomic mass is 10.2. The first-order chi connectivity index (χ1) is 14.4. The Bertz CT molecular complexity index is 1090. The number of aliphatic hydroxyl groups is 1. The molecule has 1 aromatic carbocycles. The number of rotatable bonds is 4. The number of aromatic nitrogens is 4. The number of halogens is 3. The van der Waals surface area contributed by atoms with Crippen LogP contribution in [0.2, 0.25) is 0 Å². The summed E-state index contributed by atoms with van der Waals surface area (Å²) in [4.78, 5) is 20.7. The highest BCUT2D eigenvalue weighted by Crippen LogP contribution is 2.28. The van der Waals surface area contributed by atoms with E-state index in [1.54, 1.807) is 6.07 Å². The molecule has 1 saturated heterocycles. The van der Waals surface area contributed by atoms with E-state index in [9.17, 15) is 18.0 Å². The lowest BCUT2D eigenvalue weighted by Crippen LogP contribution is -2.47. The number of aliphatic hydroxyl groups excluding tert-OH is 1. The van der Waals surface area contributed by atoms with E-state index in [2.05, 4.69) is 20.1 Å². The van der Waals surface area contributed by atoms with E-state index >= 15 is 0 Å². The van der Waals surface area contributed by atoms with Gasteiger partial charge in [-0.3, -0.25) is 9.36 Å². The second kappa shape index (κ2) is 7.90. The van der Waals surface area contributed by atoms with E-state index in [0.29, 0.717) is 42.9 Å². The van der Waals surface area contributed by atoms with Crippen LogP contribution in [0.15, 0.2) is 41.5 Å². The Morgan fingerprint density at radius 2 is 1.73 bits per heavy atom. The molecule has 158 valence electrons. The van der Waals surface area contributed by atoms with Crippen molar-refractivity contribution in [2.75, 3.05) is 42.6 Å². The molecule has 0 aliphatic carbocycles. The number of hydrogen-bond donors (Lipinski definition) is 1. The van der Waals surface area contributed by atoms with Crippen molar-refractivity contribution in [1.29, 1.82) is 0 Å². The third kappa shape index (κ3) is 3.92. The van der Waals surface area contributed by atoms with Crippen LogP contribution in [0.4, 0.5) is 24.7 Å². The van der Waals surface area contributed by atoms with Crippen LogP contribution in [-0.4, -0.2) is 57.6 Å². The first-order valence-electron chi connectivity index (χ1n) is 9.38. The van der Waals surface area contributed by atoms with Gasteiger partial charge in [-0.2, -0.15) is 13.2 Å². The minimum atomic E-state index is -4.50. The van der Waals surface area contributed by atoms with Crippen LogP contribution < -0.4 is 15.4 Å². The third-order valence-electron chi connectivity index (χ3n) is 5.06.